The summed E-state index contributed by atoms with van der Waals surface area (Å²) in [6.07, 6.45) is 0. The van der Waals surface area contributed by atoms with E-state index in [0.29, 0.717) is 11.4 Å². The molecule has 0 saturated heterocycles. The number of anilines is 4. The number of nitrogen functional groups attached to an aromatic ring is 1. The first-order valence-electron chi connectivity index (χ1n) is 11.4. The molecule has 0 spiro atoms. The highest BCUT2D eigenvalue weighted by atomic mass is 32.2. The highest BCUT2D eigenvalue weighted by Crippen LogP contribution is 2.40. The lowest BCUT2D eigenvalue weighted by molar-refractivity contribution is -0.114. The van der Waals surface area contributed by atoms with Gasteiger partial charge in [0, 0.05) is 29.4 Å². The number of benzene rings is 4. The van der Waals surface area contributed by atoms with Gasteiger partial charge in [-0.1, -0.05) is 48.5 Å². The second-order valence-electron chi connectivity index (χ2n) is 8.73. The van der Waals surface area contributed by atoms with Gasteiger partial charge in [0.2, 0.25) is 5.91 Å². The van der Waals surface area contributed by atoms with Crippen LogP contribution < -0.4 is 16.4 Å². The highest BCUT2D eigenvalue weighted by molar-refractivity contribution is 7.86. The van der Waals surface area contributed by atoms with Gasteiger partial charge in [-0.3, -0.25) is 18.9 Å². The highest BCUT2D eigenvalue weighted by Gasteiger charge is 2.36. The molecule has 9 nitrogen and oxygen atoms in total. The summed E-state index contributed by atoms with van der Waals surface area (Å²) in [7, 11) is -4.81. The Kier molecular flexibility index (Phi) is 6.06. The lowest BCUT2D eigenvalue weighted by Crippen LogP contribution is -2.25. The number of fused-ring (bicyclic) bond motifs is 2. The number of nitrogens with two attached hydrogens (primary N) is 1. The molecular weight excluding hydrogens is 506 g/mol. The Labute approximate surface area is 218 Å². The second-order valence-corrected chi connectivity index (χ2v) is 10.1. The molecule has 0 saturated carbocycles. The van der Waals surface area contributed by atoms with Gasteiger partial charge in [-0.25, -0.2) is 0 Å². The van der Waals surface area contributed by atoms with E-state index in [1.807, 2.05) is 24.3 Å². The number of ketones is 2. The third-order valence-electron chi connectivity index (χ3n) is 6.18. The number of nitrogens with one attached hydrogen (secondary N) is 2. The van der Waals surface area contributed by atoms with Crippen molar-refractivity contribution in [2.75, 3.05) is 16.4 Å². The summed E-state index contributed by atoms with van der Waals surface area (Å²) in [5.74, 6) is -1.28. The van der Waals surface area contributed by atoms with E-state index < -0.39 is 32.3 Å². The minimum absolute atomic E-state index is 0.0158. The minimum atomic E-state index is -4.81. The SMILES string of the molecule is CC(=O)Nc1ccc(-c2ccc(Nc3cc(S(=O)(=O)O)c(N)c4c3C(=O)c3ccccc3C4=O)cc2)cc1. The van der Waals surface area contributed by atoms with Crippen molar-refractivity contribution in [3.05, 3.63) is 101 Å². The van der Waals surface area contributed by atoms with Crippen molar-refractivity contribution in [3.8, 4) is 11.1 Å². The normalized spacial score (nSPS) is 12.5. The van der Waals surface area contributed by atoms with Gasteiger partial charge in [0.15, 0.2) is 11.6 Å². The van der Waals surface area contributed by atoms with Crippen LogP contribution in [-0.4, -0.2) is 30.4 Å². The molecule has 0 bridgehead atoms. The Morgan fingerprint density at radius 2 is 1.29 bits per heavy atom. The molecule has 1 aliphatic carbocycles. The van der Waals surface area contributed by atoms with Crippen LogP contribution in [0.2, 0.25) is 0 Å². The first kappa shape index (κ1) is 24.9. The topological polar surface area (TPSA) is 156 Å². The number of hydrogen-bond acceptors (Lipinski definition) is 7. The third kappa shape index (κ3) is 4.42. The second kappa shape index (κ2) is 9.25. The van der Waals surface area contributed by atoms with Crippen LogP contribution >= 0.6 is 0 Å². The molecule has 4 aromatic carbocycles. The predicted octanol–water partition coefficient (Wildman–Crippen LogP) is 4.66. The number of carbonyl (C=O) groups excluding carboxylic acids is 3. The van der Waals surface area contributed by atoms with Crippen LogP contribution in [0.5, 0.6) is 0 Å². The molecule has 0 fully saturated rings. The molecule has 0 atom stereocenters. The molecule has 10 heteroatoms. The Bertz CT molecular complexity index is 1750. The Morgan fingerprint density at radius 3 is 1.79 bits per heavy atom. The summed E-state index contributed by atoms with van der Waals surface area (Å²) in [6.45, 7) is 1.43. The minimum Gasteiger partial charge on any atom is -0.397 e. The molecule has 0 aromatic heterocycles. The fourth-order valence-corrected chi connectivity index (χ4v) is 5.10. The van der Waals surface area contributed by atoms with Crippen molar-refractivity contribution in [2.45, 2.75) is 11.8 Å². The summed E-state index contributed by atoms with van der Waals surface area (Å²) in [5, 5.41) is 5.72. The van der Waals surface area contributed by atoms with E-state index in [2.05, 4.69) is 10.6 Å². The molecule has 38 heavy (non-hydrogen) atoms. The fourth-order valence-electron chi connectivity index (χ4n) is 4.46. The lowest BCUT2D eigenvalue weighted by Gasteiger charge is -2.23. The van der Waals surface area contributed by atoms with Gasteiger partial charge in [-0.2, -0.15) is 8.42 Å². The largest absolute Gasteiger partial charge is 0.397 e. The van der Waals surface area contributed by atoms with E-state index >= 15 is 0 Å². The Morgan fingerprint density at radius 1 is 0.789 bits per heavy atom. The number of hydrogen-bond donors (Lipinski definition) is 4. The van der Waals surface area contributed by atoms with Gasteiger partial charge >= 0.3 is 0 Å². The summed E-state index contributed by atoms with van der Waals surface area (Å²) in [6, 6.07) is 21.6. The molecule has 1 aliphatic rings. The average molecular weight is 528 g/mol. The number of amides is 1. The molecular formula is C28H21N3O6S. The van der Waals surface area contributed by atoms with Gasteiger partial charge in [0.25, 0.3) is 10.1 Å². The maximum absolute atomic E-state index is 13.4. The summed E-state index contributed by atoms with van der Waals surface area (Å²) in [4.78, 5) is 37.3. The molecule has 1 amide bonds. The quantitative estimate of drug-likeness (QED) is 0.190. The van der Waals surface area contributed by atoms with Crippen molar-refractivity contribution in [1.82, 2.24) is 0 Å². The molecule has 190 valence electrons. The number of rotatable bonds is 5. The van der Waals surface area contributed by atoms with Crippen LogP contribution in [0.25, 0.3) is 11.1 Å². The molecule has 0 unspecified atom stereocenters. The lowest BCUT2D eigenvalue weighted by atomic mass is 9.82. The maximum Gasteiger partial charge on any atom is 0.296 e. The molecule has 0 heterocycles. The van der Waals surface area contributed by atoms with Gasteiger partial charge in [-0.05, 0) is 41.5 Å². The van der Waals surface area contributed by atoms with Crippen LogP contribution in [0, 0.1) is 0 Å². The van der Waals surface area contributed by atoms with Gasteiger partial charge in [0.05, 0.1) is 22.5 Å². The van der Waals surface area contributed by atoms with Crippen LogP contribution in [-0.2, 0) is 14.9 Å². The summed E-state index contributed by atoms with van der Waals surface area (Å²) >= 11 is 0. The smallest absolute Gasteiger partial charge is 0.296 e. The summed E-state index contributed by atoms with van der Waals surface area (Å²) in [5.41, 5.74) is 8.39. The van der Waals surface area contributed by atoms with E-state index in [1.165, 1.54) is 19.1 Å². The van der Waals surface area contributed by atoms with Crippen molar-refractivity contribution in [2.24, 2.45) is 0 Å². The fraction of sp³-hybridized carbons (Fsp3) is 0.0357. The first-order valence-corrected chi connectivity index (χ1v) is 12.9. The van der Waals surface area contributed by atoms with E-state index in [9.17, 15) is 27.4 Å². The molecule has 4 aromatic rings. The standard InChI is InChI=1S/C28H21N3O6S/c1-15(32)30-18-10-6-16(7-11-18)17-8-12-19(13-9-17)31-22-14-23(38(35,36)37)26(29)25-24(22)27(33)20-4-2-3-5-21(20)28(25)34/h2-14,31H,29H2,1H3,(H,30,32)(H,35,36,37). The first-order chi connectivity index (χ1) is 18.0. The van der Waals surface area contributed by atoms with E-state index in [-0.39, 0.29) is 33.8 Å². The molecule has 5 N–H and O–H groups in total. The maximum atomic E-state index is 13.4. The zero-order valence-electron chi connectivity index (χ0n) is 20.0. The molecule has 5 rings (SSSR count). The van der Waals surface area contributed by atoms with E-state index in [1.54, 1.807) is 36.4 Å². The Hall–Kier alpha value is -4.80. The van der Waals surface area contributed by atoms with Crippen LogP contribution in [0.15, 0.2) is 83.8 Å². The number of carbonyl (C=O) groups is 3. The summed E-state index contributed by atoms with van der Waals surface area (Å²) < 4.78 is 34.0. The predicted molar refractivity (Wildman–Crippen MR) is 143 cm³/mol. The van der Waals surface area contributed by atoms with E-state index in [0.717, 1.165) is 17.2 Å². The van der Waals surface area contributed by atoms with Crippen LogP contribution in [0.1, 0.15) is 38.8 Å². The molecule has 0 aliphatic heterocycles. The van der Waals surface area contributed by atoms with Gasteiger partial charge in [0.1, 0.15) is 4.90 Å². The average Bonchev–Trinajstić information content (AvgIpc) is 2.88. The van der Waals surface area contributed by atoms with Crippen molar-refractivity contribution < 1.29 is 27.4 Å². The van der Waals surface area contributed by atoms with Crippen molar-refractivity contribution in [3.63, 3.8) is 0 Å². The Balaban J connectivity index is 1.55. The van der Waals surface area contributed by atoms with Crippen LogP contribution in [0.3, 0.4) is 0 Å². The third-order valence-corrected chi connectivity index (χ3v) is 7.07. The van der Waals surface area contributed by atoms with Gasteiger partial charge in [-0.15, -0.1) is 0 Å². The zero-order chi connectivity index (χ0) is 27.2. The van der Waals surface area contributed by atoms with Gasteiger partial charge < -0.3 is 16.4 Å². The van der Waals surface area contributed by atoms with Crippen LogP contribution in [0.4, 0.5) is 22.7 Å². The van der Waals surface area contributed by atoms with Crippen molar-refractivity contribution >= 4 is 50.3 Å². The van der Waals surface area contributed by atoms with Crippen molar-refractivity contribution in [1.29, 1.82) is 0 Å². The molecule has 0 radical (unpaired) electrons. The zero-order valence-corrected chi connectivity index (χ0v) is 20.8. The van der Waals surface area contributed by atoms with E-state index in [4.69, 9.17) is 5.73 Å². The monoisotopic (exact) mass is 527 g/mol.